The van der Waals surface area contributed by atoms with Crippen LogP contribution in [-0.2, 0) is 6.42 Å². The minimum Gasteiger partial charge on any atom is -0.314 e. The predicted octanol–water partition coefficient (Wildman–Crippen LogP) is 4.15. The molecule has 0 saturated carbocycles. The fourth-order valence-electron chi connectivity index (χ4n) is 2.09. The first kappa shape index (κ1) is 14.5. The molecule has 0 saturated heterocycles. The minimum absolute atomic E-state index is 0.526. The van der Waals surface area contributed by atoms with Gasteiger partial charge in [-0.05, 0) is 42.5 Å². The molecule has 1 nitrogen and oxygen atoms in total. The average Bonchev–Trinajstić information content (AvgIpc) is 2.27. The molecule has 0 amide bonds. The highest BCUT2D eigenvalue weighted by molar-refractivity contribution is 6.30. The van der Waals surface area contributed by atoms with Crippen LogP contribution in [0.25, 0.3) is 0 Å². The van der Waals surface area contributed by atoms with Gasteiger partial charge in [0.15, 0.2) is 0 Å². The van der Waals surface area contributed by atoms with Crippen LogP contribution in [0, 0.1) is 11.8 Å². The third-order valence-electron chi connectivity index (χ3n) is 3.50. The van der Waals surface area contributed by atoms with Crippen molar-refractivity contribution in [2.45, 2.75) is 40.2 Å². The van der Waals surface area contributed by atoms with Crippen LogP contribution < -0.4 is 5.32 Å². The molecule has 0 fully saturated rings. The lowest BCUT2D eigenvalue weighted by Gasteiger charge is -2.28. The summed E-state index contributed by atoms with van der Waals surface area (Å²) in [5, 5.41) is 4.42. The lowest BCUT2D eigenvalue weighted by atomic mass is 9.86. The third kappa shape index (κ3) is 4.69. The van der Waals surface area contributed by atoms with Crippen LogP contribution in [0.2, 0.25) is 5.02 Å². The summed E-state index contributed by atoms with van der Waals surface area (Å²) in [6.07, 6.45) is 1.05. The molecule has 2 unspecified atom stereocenters. The van der Waals surface area contributed by atoms with Gasteiger partial charge in [-0.2, -0.15) is 0 Å². The molecule has 0 aliphatic carbocycles. The highest BCUT2D eigenvalue weighted by atomic mass is 35.5. The maximum Gasteiger partial charge on any atom is 0.0408 e. The molecule has 17 heavy (non-hydrogen) atoms. The van der Waals surface area contributed by atoms with Crippen LogP contribution >= 0.6 is 11.6 Å². The molecule has 0 aliphatic rings. The van der Waals surface area contributed by atoms with Gasteiger partial charge in [-0.3, -0.25) is 0 Å². The molecule has 0 radical (unpaired) electrons. The first-order valence-corrected chi connectivity index (χ1v) is 6.90. The number of rotatable bonds is 6. The second kappa shape index (κ2) is 7.03. The number of benzene rings is 1. The molecule has 1 aromatic rings. The summed E-state index contributed by atoms with van der Waals surface area (Å²) >= 11 is 6.03. The zero-order valence-electron chi connectivity index (χ0n) is 11.3. The van der Waals surface area contributed by atoms with Gasteiger partial charge in [0, 0.05) is 11.1 Å². The van der Waals surface area contributed by atoms with E-state index in [2.05, 4.69) is 45.1 Å². The molecule has 96 valence electrons. The largest absolute Gasteiger partial charge is 0.314 e. The Bertz CT molecular complexity index is 335. The molecule has 2 heteroatoms. The second-order valence-corrected chi connectivity index (χ2v) is 5.54. The van der Waals surface area contributed by atoms with Crippen molar-refractivity contribution in [1.82, 2.24) is 5.32 Å². The summed E-state index contributed by atoms with van der Waals surface area (Å²) in [6, 6.07) is 8.71. The van der Waals surface area contributed by atoms with E-state index < -0.39 is 0 Å². The highest BCUT2D eigenvalue weighted by Crippen LogP contribution is 2.20. The Morgan fingerprint density at radius 3 is 2.47 bits per heavy atom. The zero-order valence-corrected chi connectivity index (χ0v) is 12.1. The molecule has 0 bridgehead atoms. The van der Waals surface area contributed by atoms with Crippen molar-refractivity contribution in [1.29, 1.82) is 0 Å². The van der Waals surface area contributed by atoms with Gasteiger partial charge < -0.3 is 5.32 Å². The summed E-state index contributed by atoms with van der Waals surface area (Å²) in [6.45, 7) is 10.1. The summed E-state index contributed by atoms with van der Waals surface area (Å²) in [5.74, 6) is 1.35. The van der Waals surface area contributed by atoms with E-state index in [-0.39, 0.29) is 0 Å². The van der Waals surface area contributed by atoms with Gasteiger partial charge in [-0.25, -0.2) is 0 Å². The predicted molar refractivity (Wildman–Crippen MR) is 76.6 cm³/mol. The molecule has 0 heterocycles. The van der Waals surface area contributed by atoms with Gasteiger partial charge in [-0.1, -0.05) is 51.4 Å². The van der Waals surface area contributed by atoms with Crippen LogP contribution in [0.4, 0.5) is 0 Å². The monoisotopic (exact) mass is 253 g/mol. The van der Waals surface area contributed by atoms with Crippen molar-refractivity contribution >= 4 is 11.6 Å². The lowest BCUT2D eigenvalue weighted by molar-refractivity contribution is 0.300. The number of nitrogens with one attached hydrogen (secondary N) is 1. The van der Waals surface area contributed by atoms with Crippen LogP contribution in [0.3, 0.4) is 0 Å². The van der Waals surface area contributed by atoms with Gasteiger partial charge in [0.05, 0.1) is 0 Å². The molecule has 1 aromatic carbocycles. The van der Waals surface area contributed by atoms with Gasteiger partial charge in [0.2, 0.25) is 0 Å². The number of hydrogen-bond acceptors (Lipinski definition) is 1. The Morgan fingerprint density at radius 1 is 1.24 bits per heavy atom. The van der Waals surface area contributed by atoms with E-state index >= 15 is 0 Å². The topological polar surface area (TPSA) is 12.0 Å². The molecular weight excluding hydrogens is 230 g/mol. The summed E-state index contributed by atoms with van der Waals surface area (Å²) in [7, 11) is 0. The lowest BCUT2D eigenvalue weighted by Crippen LogP contribution is -2.38. The van der Waals surface area contributed by atoms with Crippen molar-refractivity contribution in [2.75, 3.05) is 6.54 Å². The first-order valence-electron chi connectivity index (χ1n) is 6.52. The number of hydrogen-bond donors (Lipinski definition) is 1. The molecule has 2 atom stereocenters. The van der Waals surface area contributed by atoms with Crippen molar-refractivity contribution in [3.63, 3.8) is 0 Å². The first-order chi connectivity index (χ1) is 8.04. The van der Waals surface area contributed by atoms with E-state index in [0.29, 0.717) is 17.9 Å². The van der Waals surface area contributed by atoms with Crippen LogP contribution in [0.5, 0.6) is 0 Å². The SMILES string of the molecule is CCNC(Cc1cccc(Cl)c1)C(C)C(C)C. The molecule has 1 rings (SSSR count). The van der Waals surface area contributed by atoms with Gasteiger partial charge in [0.25, 0.3) is 0 Å². The van der Waals surface area contributed by atoms with Crippen molar-refractivity contribution in [2.24, 2.45) is 11.8 Å². The van der Waals surface area contributed by atoms with Crippen molar-refractivity contribution < 1.29 is 0 Å². The molecular formula is C15H24ClN. The van der Waals surface area contributed by atoms with E-state index in [0.717, 1.165) is 18.0 Å². The Morgan fingerprint density at radius 2 is 1.94 bits per heavy atom. The van der Waals surface area contributed by atoms with Crippen molar-refractivity contribution in [3.05, 3.63) is 34.9 Å². The maximum atomic E-state index is 6.03. The Balaban J connectivity index is 2.72. The van der Waals surface area contributed by atoms with E-state index in [1.54, 1.807) is 0 Å². The smallest absolute Gasteiger partial charge is 0.0408 e. The standard InChI is InChI=1S/C15H24ClN/c1-5-17-15(12(4)11(2)3)10-13-7-6-8-14(16)9-13/h6-9,11-12,15,17H,5,10H2,1-4H3. The number of likely N-dealkylation sites (N-methyl/N-ethyl adjacent to an activating group) is 1. The normalized spacial score (nSPS) is 14.9. The highest BCUT2D eigenvalue weighted by Gasteiger charge is 2.19. The fourth-order valence-corrected chi connectivity index (χ4v) is 2.30. The third-order valence-corrected chi connectivity index (χ3v) is 3.73. The summed E-state index contributed by atoms with van der Waals surface area (Å²) in [5.41, 5.74) is 1.32. The van der Waals surface area contributed by atoms with Gasteiger partial charge in [0.1, 0.15) is 0 Å². The zero-order chi connectivity index (χ0) is 12.8. The maximum absolute atomic E-state index is 6.03. The summed E-state index contributed by atoms with van der Waals surface area (Å²) < 4.78 is 0. The van der Waals surface area contributed by atoms with E-state index in [4.69, 9.17) is 11.6 Å². The van der Waals surface area contributed by atoms with Crippen molar-refractivity contribution in [3.8, 4) is 0 Å². The van der Waals surface area contributed by atoms with Gasteiger partial charge in [-0.15, -0.1) is 0 Å². The van der Waals surface area contributed by atoms with Crippen LogP contribution in [0.1, 0.15) is 33.3 Å². The van der Waals surface area contributed by atoms with Gasteiger partial charge >= 0.3 is 0 Å². The van der Waals surface area contributed by atoms with E-state index in [1.807, 2.05) is 12.1 Å². The Kier molecular flexibility index (Phi) is 6.01. The molecule has 0 aromatic heterocycles. The molecule has 1 N–H and O–H groups in total. The quantitative estimate of drug-likeness (QED) is 0.803. The van der Waals surface area contributed by atoms with Crippen LogP contribution in [-0.4, -0.2) is 12.6 Å². The van der Waals surface area contributed by atoms with Crippen LogP contribution in [0.15, 0.2) is 24.3 Å². The molecule has 0 spiro atoms. The summed E-state index contributed by atoms with van der Waals surface area (Å²) in [4.78, 5) is 0. The second-order valence-electron chi connectivity index (χ2n) is 5.10. The van der Waals surface area contributed by atoms with E-state index in [1.165, 1.54) is 5.56 Å². The average molecular weight is 254 g/mol. The number of halogens is 1. The molecule has 0 aliphatic heterocycles. The fraction of sp³-hybridized carbons (Fsp3) is 0.600. The Labute approximate surface area is 111 Å². The minimum atomic E-state index is 0.526. The Hall–Kier alpha value is -0.530. The van der Waals surface area contributed by atoms with E-state index in [9.17, 15) is 0 Å².